The number of hydrogen-bond acceptors (Lipinski definition) is 4. The summed E-state index contributed by atoms with van der Waals surface area (Å²) in [5.41, 5.74) is 6.90. The highest BCUT2D eigenvalue weighted by atomic mass is 16.2. The lowest BCUT2D eigenvalue weighted by Gasteiger charge is -2.26. The van der Waals surface area contributed by atoms with Gasteiger partial charge in [-0.3, -0.25) is 9.78 Å². The third-order valence-corrected chi connectivity index (χ3v) is 2.96. The van der Waals surface area contributed by atoms with Crippen LogP contribution in [0.3, 0.4) is 0 Å². The Kier molecular flexibility index (Phi) is 6.90. The molecule has 1 heterocycles. The quantitative estimate of drug-likeness (QED) is 0.716. The fraction of sp³-hybridized carbons (Fsp3) is 0.467. The number of nitrogens with zero attached hydrogens (tertiary/aromatic N) is 3. The van der Waals surface area contributed by atoms with Gasteiger partial charge in [-0.15, -0.1) is 6.58 Å². The van der Waals surface area contributed by atoms with E-state index in [2.05, 4.69) is 11.6 Å². The largest absolute Gasteiger partial charge is 0.336 e. The van der Waals surface area contributed by atoms with Gasteiger partial charge in [-0.2, -0.15) is 0 Å². The molecule has 0 aromatic carbocycles. The molecule has 0 saturated carbocycles. The zero-order chi connectivity index (χ0) is 15.0. The van der Waals surface area contributed by atoms with Crippen molar-refractivity contribution in [1.82, 2.24) is 14.8 Å². The maximum absolute atomic E-state index is 12.4. The summed E-state index contributed by atoms with van der Waals surface area (Å²) in [6, 6.07) is 3.31. The molecule has 0 saturated heterocycles. The average Bonchev–Trinajstić information content (AvgIpc) is 2.44. The number of hydrogen-bond donors (Lipinski definition) is 1. The topological polar surface area (TPSA) is 62.5 Å². The minimum atomic E-state index is -0.522. The smallest absolute Gasteiger partial charge is 0.240 e. The molecule has 0 radical (unpaired) electrons. The summed E-state index contributed by atoms with van der Waals surface area (Å²) >= 11 is 0. The Bertz CT molecular complexity index is 419. The first kappa shape index (κ1) is 16.3. The van der Waals surface area contributed by atoms with E-state index in [1.54, 1.807) is 23.4 Å². The van der Waals surface area contributed by atoms with Gasteiger partial charge in [0.25, 0.3) is 0 Å². The highest BCUT2D eigenvalue weighted by Crippen LogP contribution is 2.06. The second-order valence-corrected chi connectivity index (χ2v) is 5.06. The summed E-state index contributed by atoms with van der Waals surface area (Å²) < 4.78 is 0. The molecule has 1 atom stereocenters. The molecule has 0 spiro atoms. The average molecular weight is 276 g/mol. The SMILES string of the molecule is C=CCC(N)C(=O)N(CCN(C)C)Cc1cccnc1. The lowest BCUT2D eigenvalue weighted by molar-refractivity contribution is -0.133. The summed E-state index contributed by atoms with van der Waals surface area (Å²) in [6.45, 7) is 5.61. The molecule has 110 valence electrons. The number of carbonyl (C=O) groups is 1. The first-order chi connectivity index (χ1) is 9.54. The molecule has 1 aromatic heterocycles. The van der Waals surface area contributed by atoms with Crippen molar-refractivity contribution >= 4 is 5.91 Å². The maximum Gasteiger partial charge on any atom is 0.240 e. The Hall–Kier alpha value is -1.72. The molecule has 0 aliphatic heterocycles. The first-order valence-corrected chi connectivity index (χ1v) is 6.73. The maximum atomic E-state index is 12.4. The zero-order valence-electron chi connectivity index (χ0n) is 12.3. The Morgan fingerprint density at radius 2 is 2.25 bits per heavy atom. The standard InChI is InChI=1S/C15H24N4O/c1-4-6-14(16)15(20)19(10-9-18(2)3)12-13-7-5-8-17-11-13/h4-5,7-8,11,14H,1,6,9-10,12,16H2,2-3H3. The van der Waals surface area contributed by atoms with Crippen molar-refractivity contribution < 1.29 is 4.79 Å². The Morgan fingerprint density at radius 1 is 1.50 bits per heavy atom. The fourth-order valence-corrected chi connectivity index (χ4v) is 1.81. The van der Waals surface area contributed by atoms with Gasteiger partial charge < -0.3 is 15.5 Å². The van der Waals surface area contributed by atoms with Crippen LogP contribution in [0, 0.1) is 0 Å². The fourth-order valence-electron chi connectivity index (χ4n) is 1.81. The predicted octanol–water partition coefficient (Wildman–Crippen LogP) is 0.875. The number of amides is 1. The van der Waals surface area contributed by atoms with E-state index in [0.717, 1.165) is 12.1 Å². The van der Waals surface area contributed by atoms with Gasteiger partial charge in [-0.25, -0.2) is 0 Å². The Morgan fingerprint density at radius 3 is 2.80 bits per heavy atom. The molecule has 5 heteroatoms. The van der Waals surface area contributed by atoms with Gasteiger partial charge >= 0.3 is 0 Å². The van der Waals surface area contributed by atoms with Crippen molar-refractivity contribution in [2.24, 2.45) is 5.73 Å². The van der Waals surface area contributed by atoms with Crippen molar-refractivity contribution in [3.8, 4) is 0 Å². The number of rotatable bonds is 8. The molecular weight excluding hydrogens is 252 g/mol. The minimum absolute atomic E-state index is 0.0457. The highest BCUT2D eigenvalue weighted by Gasteiger charge is 2.20. The summed E-state index contributed by atoms with van der Waals surface area (Å²) in [5, 5.41) is 0. The highest BCUT2D eigenvalue weighted by molar-refractivity contribution is 5.81. The van der Waals surface area contributed by atoms with Gasteiger partial charge in [0.2, 0.25) is 5.91 Å². The number of likely N-dealkylation sites (N-methyl/N-ethyl adjacent to an activating group) is 1. The summed E-state index contributed by atoms with van der Waals surface area (Å²) in [7, 11) is 3.97. The van der Waals surface area contributed by atoms with Gasteiger partial charge in [0.05, 0.1) is 6.04 Å². The predicted molar refractivity (Wildman–Crippen MR) is 81.0 cm³/mol. The van der Waals surface area contributed by atoms with E-state index in [9.17, 15) is 4.79 Å². The molecular formula is C15H24N4O. The van der Waals surface area contributed by atoms with Crippen LogP contribution in [-0.4, -0.2) is 53.9 Å². The van der Waals surface area contributed by atoms with Crippen molar-refractivity contribution in [3.63, 3.8) is 0 Å². The van der Waals surface area contributed by atoms with Crippen LogP contribution in [0.5, 0.6) is 0 Å². The molecule has 0 bridgehead atoms. The summed E-state index contributed by atoms with van der Waals surface area (Å²) in [6.07, 6.45) is 5.66. The van der Waals surface area contributed by atoms with Crippen LogP contribution in [-0.2, 0) is 11.3 Å². The van der Waals surface area contributed by atoms with Crippen LogP contribution in [0.25, 0.3) is 0 Å². The molecule has 1 aromatic rings. The second kappa shape index (κ2) is 8.45. The lowest BCUT2D eigenvalue weighted by atomic mass is 10.1. The third kappa shape index (κ3) is 5.50. The van der Waals surface area contributed by atoms with Crippen molar-refractivity contribution in [2.45, 2.75) is 19.0 Å². The van der Waals surface area contributed by atoms with E-state index in [-0.39, 0.29) is 5.91 Å². The van der Waals surface area contributed by atoms with Crippen molar-refractivity contribution in [1.29, 1.82) is 0 Å². The van der Waals surface area contributed by atoms with Crippen molar-refractivity contribution in [3.05, 3.63) is 42.7 Å². The molecule has 1 amide bonds. The molecule has 20 heavy (non-hydrogen) atoms. The van der Waals surface area contributed by atoms with Crippen LogP contribution in [0.1, 0.15) is 12.0 Å². The van der Waals surface area contributed by atoms with Gasteiger partial charge in [0, 0.05) is 32.0 Å². The normalized spacial score (nSPS) is 12.2. The molecule has 2 N–H and O–H groups in total. The van der Waals surface area contributed by atoms with Crippen LogP contribution in [0.4, 0.5) is 0 Å². The van der Waals surface area contributed by atoms with Crippen LogP contribution in [0.15, 0.2) is 37.2 Å². The van der Waals surface area contributed by atoms with Gasteiger partial charge in [0.1, 0.15) is 0 Å². The van der Waals surface area contributed by atoms with E-state index < -0.39 is 6.04 Å². The van der Waals surface area contributed by atoms with Gasteiger partial charge in [-0.1, -0.05) is 12.1 Å². The number of aromatic nitrogens is 1. The van der Waals surface area contributed by atoms with Gasteiger partial charge in [-0.05, 0) is 32.1 Å². The van der Waals surface area contributed by atoms with E-state index in [0.29, 0.717) is 19.5 Å². The zero-order valence-corrected chi connectivity index (χ0v) is 12.3. The van der Waals surface area contributed by atoms with Crippen molar-refractivity contribution in [2.75, 3.05) is 27.2 Å². The van der Waals surface area contributed by atoms with Gasteiger partial charge in [0.15, 0.2) is 0 Å². The van der Waals surface area contributed by atoms with Crippen LogP contribution >= 0.6 is 0 Å². The third-order valence-electron chi connectivity index (χ3n) is 2.96. The monoisotopic (exact) mass is 276 g/mol. The number of nitrogens with two attached hydrogens (primary N) is 1. The number of pyridine rings is 1. The summed E-state index contributed by atoms with van der Waals surface area (Å²) in [4.78, 5) is 20.3. The summed E-state index contributed by atoms with van der Waals surface area (Å²) in [5.74, 6) is -0.0457. The second-order valence-electron chi connectivity index (χ2n) is 5.06. The Labute approximate surface area is 121 Å². The lowest BCUT2D eigenvalue weighted by Crippen LogP contribution is -2.45. The van der Waals surface area contributed by atoms with Crippen LogP contribution in [0.2, 0.25) is 0 Å². The molecule has 1 rings (SSSR count). The minimum Gasteiger partial charge on any atom is -0.336 e. The number of carbonyl (C=O) groups excluding carboxylic acids is 1. The van der Waals surface area contributed by atoms with E-state index in [1.165, 1.54) is 0 Å². The van der Waals surface area contributed by atoms with E-state index in [1.807, 2.05) is 31.1 Å². The van der Waals surface area contributed by atoms with E-state index in [4.69, 9.17) is 5.73 Å². The molecule has 1 unspecified atom stereocenters. The molecule has 0 fully saturated rings. The first-order valence-electron chi connectivity index (χ1n) is 6.73. The molecule has 0 aliphatic rings. The van der Waals surface area contributed by atoms with Crippen LogP contribution < -0.4 is 5.73 Å². The molecule has 0 aliphatic carbocycles. The Balaban J connectivity index is 2.73. The van der Waals surface area contributed by atoms with E-state index >= 15 is 0 Å². The molecule has 5 nitrogen and oxygen atoms in total.